The van der Waals surface area contributed by atoms with E-state index in [4.69, 9.17) is 4.74 Å². The van der Waals surface area contributed by atoms with E-state index in [2.05, 4.69) is 21.8 Å². The van der Waals surface area contributed by atoms with Gasteiger partial charge in [0.05, 0.1) is 33.4 Å². The molecule has 0 amide bonds. The third kappa shape index (κ3) is 5.42. The van der Waals surface area contributed by atoms with Crippen LogP contribution in [0.25, 0.3) is 23.9 Å². The summed E-state index contributed by atoms with van der Waals surface area (Å²) < 4.78 is 20.9. The van der Waals surface area contributed by atoms with Crippen molar-refractivity contribution in [3.63, 3.8) is 0 Å². The summed E-state index contributed by atoms with van der Waals surface area (Å²) in [6.07, 6.45) is 3.33. The number of likely N-dealkylation sites (N-methyl/N-ethyl adjacent to an activating group) is 1. The van der Waals surface area contributed by atoms with Gasteiger partial charge < -0.3 is 14.6 Å². The fourth-order valence-electron chi connectivity index (χ4n) is 2.83. The number of aromatic nitrogens is 3. The molecule has 3 rings (SSSR count). The Morgan fingerprint density at radius 2 is 2.14 bits per heavy atom. The number of nitrogens with one attached hydrogen (secondary N) is 2. The van der Waals surface area contributed by atoms with Gasteiger partial charge in [0.2, 0.25) is 0 Å². The van der Waals surface area contributed by atoms with Crippen molar-refractivity contribution < 1.29 is 9.13 Å². The molecule has 0 atom stereocenters. The predicted octanol–water partition coefficient (Wildman–Crippen LogP) is 2.70. The number of H-pyrrole nitrogens is 2. The molecule has 0 aliphatic heterocycles. The van der Waals surface area contributed by atoms with Gasteiger partial charge in [-0.25, -0.2) is 4.39 Å². The minimum absolute atomic E-state index is 0.199. The highest BCUT2D eigenvalue weighted by Gasteiger charge is 2.13. The lowest BCUT2D eigenvalue weighted by Crippen LogP contribution is -2.27. The van der Waals surface area contributed by atoms with Gasteiger partial charge in [-0.2, -0.15) is 5.10 Å². The largest absolute Gasteiger partial charge is 0.383 e. The van der Waals surface area contributed by atoms with E-state index in [-0.39, 0.29) is 11.4 Å². The zero-order chi connectivity index (χ0) is 21.4. The number of hydrogen-bond acceptors (Lipinski definition) is 5. The smallest absolute Gasteiger partial charge is 0.266 e. The van der Waals surface area contributed by atoms with Crippen LogP contribution < -0.4 is 19.7 Å². The quantitative estimate of drug-likeness (QED) is 0.619. The molecule has 0 unspecified atom stereocenters. The van der Waals surface area contributed by atoms with E-state index in [1.165, 1.54) is 17.4 Å². The van der Waals surface area contributed by atoms with Crippen LogP contribution in [0.15, 0.2) is 29.2 Å². The van der Waals surface area contributed by atoms with Gasteiger partial charge in [0.25, 0.3) is 5.56 Å². The molecule has 2 heterocycles. The van der Waals surface area contributed by atoms with Gasteiger partial charge in [-0.15, -0.1) is 11.3 Å². The number of hydrogen-bond donors (Lipinski definition) is 2. The first-order valence-electron chi connectivity index (χ1n) is 9.50. The van der Waals surface area contributed by atoms with E-state index in [1.54, 1.807) is 25.4 Å². The highest BCUT2D eigenvalue weighted by atomic mass is 32.1. The van der Waals surface area contributed by atoms with Crippen LogP contribution in [0.1, 0.15) is 26.3 Å². The monoisotopic (exact) mass is 418 g/mol. The summed E-state index contributed by atoms with van der Waals surface area (Å²) in [7, 11) is 1.62. The summed E-state index contributed by atoms with van der Waals surface area (Å²) in [5, 5.41) is 6.93. The Balaban J connectivity index is 0.00000145. The first-order valence-corrected chi connectivity index (χ1v) is 10.3. The summed E-state index contributed by atoms with van der Waals surface area (Å²) in [6.45, 7) is 11.5. The Bertz CT molecular complexity index is 1090. The van der Waals surface area contributed by atoms with Crippen LogP contribution in [-0.2, 0) is 4.74 Å². The maximum absolute atomic E-state index is 14.7. The number of aromatic amines is 2. The van der Waals surface area contributed by atoms with Crippen LogP contribution in [0.3, 0.4) is 0 Å². The maximum Gasteiger partial charge on any atom is 0.266 e. The van der Waals surface area contributed by atoms with Crippen molar-refractivity contribution in [2.45, 2.75) is 20.8 Å². The summed E-state index contributed by atoms with van der Waals surface area (Å²) >= 11 is 1.27. The number of nitrogens with zero attached hydrogens (tertiary/aromatic N) is 2. The molecule has 156 valence electrons. The van der Waals surface area contributed by atoms with Gasteiger partial charge in [-0.05, 0) is 25.1 Å². The predicted molar refractivity (Wildman–Crippen MR) is 118 cm³/mol. The number of thiazole rings is 1. The Kier molecular flexibility index (Phi) is 8.35. The van der Waals surface area contributed by atoms with E-state index in [0.717, 1.165) is 0 Å². The SMILES string of the molecule is C=c1[nH]c(=O)/c(=C/c2cn[nH]c2-c2ccc(N(CC)CCOC)c(F)c2)s1.CC. The molecule has 6 nitrogen and oxygen atoms in total. The summed E-state index contributed by atoms with van der Waals surface area (Å²) in [5.74, 6) is -0.319. The van der Waals surface area contributed by atoms with Crippen LogP contribution in [0.4, 0.5) is 10.1 Å². The lowest BCUT2D eigenvalue weighted by Gasteiger charge is -2.23. The van der Waals surface area contributed by atoms with Crippen LogP contribution >= 0.6 is 11.3 Å². The standard InChI is InChI=1S/C19H21FN4O2S.C2H6/c1-4-24(7-8-26-3)16-6-5-13(9-15(16)20)18-14(11-21-23-18)10-17-19(25)22-12(2)27-17;1-2/h5-6,9-11H,2,4,7-8H2,1,3H3,(H,21,23)(H,22,25);1-2H3/b17-10-;. The number of halogens is 1. The van der Waals surface area contributed by atoms with E-state index in [0.29, 0.717) is 51.4 Å². The molecule has 0 saturated heterocycles. The summed E-state index contributed by atoms with van der Waals surface area (Å²) in [6, 6.07) is 5.06. The minimum atomic E-state index is -0.319. The molecule has 0 aliphatic carbocycles. The molecule has 0 spiro atoms. The minimum Gasteiger partial charge on any atom is -0.383 e. The van der Waals surface area contributed by atoms with E-state index < -0.39 is 0 Å². The molecular formula is C21H27FN4O2S. The number of benzene rings is 1. The van der Waals surface area contributed by atoms with E-state index >= 15 is 0 Å². The van der Waals surface area contributed by atoms with Crippen LogP contribution in [0.5, 0.6) is 0 Å². The van der Waals surface area contributed by atoms with Crippen LogP contribution in [0, 0.1) is 5.82 Å². The lowest BCUT2D eigenvalue weighted by molar-refractivity contribution is 0.205. The summed E-state index contributed by atoms with van der Waals surface area (Å²) in [5.41, 5.74) is 2.35. The van der Waals surface area contributed by atoms with Gasteiger partial charge in [0.1, 0.15) is 5.82 Å². The maximum atomic E-state index is 14.7. The van der Waals surface area contributed by atoms with Crippen LogP contribution in [0.2, 0.25) is 0 Å². The molecule has 0 bridgehead atoms. The Morgan fingerprint density at radius 3 is 2.72 bits per heavy atom. The average molecular weight is 419 g/mol. The number of anilines is 1. The second kappa shape index (κ2) is 10.7. The Morgan fingerprint density at radius 1 is 1.38 bits per heavy atom. The first kappa shape index (κ1) is 22.6. The molecule has 0 saturated carbocycles. The zero-order valence-corrected chi connectivity index (χ0v) is 18.0. The van der Waals surface area contributed by atoms with Gasteiger partial charge in [-0.3, -0.25) is 9.89 Å². The third-order valence-corrected chi connectivity index (χ3v) is 5.06. The molecule has 2 aromatic heterocycles. The van der Waals surface area contributed by atoms with Crippen molar-refractivity contribution in [1.29, 1.82) is 0 Å². The molecular weight excluding hydrogens is 391 g/mol. The van der Waals surface area contributed by atoms with Crippen molar-refractivity contribution in [3.05, 3.63) is 55.3 Å². The molecule has 0 radical (unpaired) electrons. The second-order valence-electron chi connectivity index (χ2n) is 5.93. The second-order valence-corrected chi connectivity index (χ2v) is 7.06. The molecule has 29 heavy (non-hydrogen) atoms. The van der Waals surface area contributed by atoms with Crippen LogP contribution in [-0.4, -0.2) is 42.0 Å². The number of rotatable bonds is 7. The molecule has 3 aromatic rings. The lowest BCUT2D eigenvalue weighted by atomic mass is 10.1. The Hall–Kier alpha value is -2.71. The third-order valence-electron chi connectivity index (χ3n) is 4.19. The van der Waals surface area contributed by atoms with Crippen molar-refractivity contribution in [2.75, 3.05) is 31.7 Å². The zero-order valence-electron chi connectivity index (χ0n) is 17.2. The Labute approximate surface area is 173 Å². The van der Waals surface area contributed by atoms with E-state index in [1.807, 2.05) is 31.7 Å². The molecule has 8 heteroatoms. The van der Waals surface area contributed by atoms with Crippen molar-refractivity contribution in [1.82, 2.24) is 15.2 Å². The molecule has 0 fully saturated rings. The first-order chi connectivity index (χ1) is 14.0. The van der Waals surface area contributed by atoms with Gasteiger partial charge >= 0.3 is 0 Å². The van der Waals surface area contributed by atoms with E-state index in [9.17, 15) is 9.18 Å². The summed E-state index contributed by atoms with van der Waals surface area (Å²) in [4.78, 5) is 16.5. The highest BCUT2D eigenvalue weighted by Crippen LogP contribution is 2.27. The van der Waals surface area contributed by atoms with Gasteiger partial charge in [-0.1, -0.05) is 26.5 Å². The fourth-order valence-corrected chi connectivity index (χ4v) is 3.57. The van der Waals surface area contributed by atoms with Crippen molar-refractivity contribution >= 4 is 29.7 Å². The fraction of sp³-hybridized carbons (Fsp3) is 0.333. The number of ether oxygens (including phenoxy) is 1. The topological polar surface area (TPSA) is 74.0 Å². The normalized spacial score (nSPS) is 11.3. The molecule has 0 aliphatic rings. The number of methoxy groups -OCH3 is 1. The van der Waals surface area contributed by atoms with Crippen molar-refractivity contribution in [2.24, 2.45) is 0 Å². The average Bonchev–Trinajstić information content (AvgIpc) is 3.31. The molecule has 2 N–H and O–H groups in total. The van der Waals surface area contributed by atoms with Crippen molar-refractivity contribution in [3.8, 4) is 11.3 Å². The molecule has 1 aromatic carbocycles. The van der Waals surface area contributed by atoms with Gasteiger partial charge in [0, 0.05) is 31.3 Å². The van der Waals surface area contributed by atoms with Gasteiger partial charge in [0.15, 0.2) is 0 Å². The highest BCUT2D eigenvalue weighted by molar-refractivity contribution is 7.07.